The van der Waals surface area contributed by atoms with Gasteiger partial charge in [0.2, 0.25) is 5.82 Å². The van der Waals surface area contributed by atoms with Crippen LogP contribution in [0.2, 0.25) is 0 Å². The van der Waals surface area contributed by atoms with E-state index in [1.165, 1.54) is 0 Å². The predicted octanol–water partition coefficient (Wildman–Crippen LogP) is 3.69. The molecule has 0 fully saturated rings. The second-order valence-corrected chi connectivity index (χ2v) is 7.14. The number of nitro groups is 1. The van der Waals surface area contributed by atoms with Crippen LogP contribution in [-0.4, -0.2) is 35.6 Å². The highest BCUT2D eigenvalue weighted by Crippen LogP contribution is 2.21. The first-order chi connectivity index (χ1) is 13.0. The molecule has 0 atom stereocenters. The van der Waals surface area contributed by atoms with E-state index in [9.17, 15) is 28.5 Å². The van der Waals surface area contributed by atoms with Crippen molar-refractivity contribution in [3.05, 3.63) is 39.4 Å². The number of hydrogen-bond donors (Lipinski definition) is 2. The Morgan fingerprint density at radius 1 is 1.04 bits per heavy atom. The summed E-state index contributed by atoms with van der Waals surface area (Å²) in [6, 6.07) is 0.910. The van der Waals surface area contributed by atoms with Gasteiger partial charge >= 0.3 is 11.8 Å². The SMILES string of the molecule is CC(C)(C)OC(=O)NCCCCCCNC(=O)c1cc(F)c([N+](=O)[O-])cc1F. The number of nitrogens with one attached hydrogen (secondary N) is 2. The number of unbranched alkanes of at least 4 members (excludes halogenated alkanes) is 3. The zero-order valence-corrected chi connectivity index (χ0v) is 16.1. The average Bonchev–Trinajstić information content (AvgIpc) is 2.56. The lowest BCUT2D eigenvalue weighted by molar-refractivity contribution is -0.387. The van der Waals surface area contributed by atoms with Gasteiger partial charge in [-0.2, -0.15) is 4.39 Å². The molecule has 0 aliphatic carbocycles. The molecule has 1 aromatic rings. The van der Waals surface area contributed by atoms with Gasteiger partial charge in [-0.3, -0.25) is 14.9 Å². The average molecular weight is 401 g/mol. The molecule has 10 heteroatoms. The van der Waals surface area contributed by atoms with Crippen molar-refractivity contribution in [2.75, 3.05) is 13.1 Å². The van der Waals surface area contributed by atoms with Crippen LogP contribution in [0.5, 0.6) is 0 Å². The number of benzene rings is 1. The highest BCUT2D eigenvalue weighted by molar-refractivity contribution is 5.94. The van der Waals surface area contributed by atoms with Crippen molar-refractivity contribution in [3.8, 4) is 0 Å². The number of ether oxygens (including phenoxy) is 1. The maximum Gasteiger partial charge on any atom is 0.407 e. The molecule has 2 N–H and O–H groups in total. The van der Waals surface area contributed by atoms with Crippen molar-refractivity contribution in [2.24, 2.45) is 0 Å². The van der Waals surface area contributed by atoms with Crippen molar-refractivity contribution < 1.29 is 28.0 Å². The molecule has 0 aliphatic rings. The summed E-state index contributed by atoms with van der Waals surface area (Å²) in [7, 11) is 0. The lowest BCUT2D eigenvalue weighted by Crippen LogP contribution is -2.33. The number of nitro benzene ring substituents is 1. The van der Waals surface area contributed by atoms with Crippen LogP contribution in [0.25, 0.3) is 0 Å². The first kappa shape index (κ1) is 23.3. The molecule has 0 radical (unpaired) electrons. The van der Waals surface area contributed by atoms with E-state index in [4.69, 9.17) is 4.74 Å². The lowest BCUT2D eigenvalue weighted by Gasteiger charge is -2.19. The van der Waals surface area contributed by atoms with Gasteiger partial charge in [-0.25, -0.2) is 9.18 Å². The highest BCUT2D eigenvalue weighted by atomic mass is 19.1. The molecule has 0 unspecified atom stereocenters. The molecule has 0 bridgehead atoms. The summed E-state index contributed by atoms with van der Waals surface area (Å²) in [5.41, 5.74) is -2.15. The number of nitrogens with zero attached hydrogens (tertiary/aromatic N) is 1. The van der Waals surface area contributed by atoms with Gasteiger partial charge in [0.15, 0.2) is 0 Å². The molecular formula is C18H25F2N3O5. The molecule has 156 valence electrons. The minimum absolute atomic E-state index is 0.246. The fourth-order valence-electron chi connectivity index (χ4n) is 2.26. The third-order valence-electron chi connectivity index (χ3n) is 3.54. The fraction of sp³-hybridized carbons (Fsp3) is 0.556. The normalized spacial score (nSPS) is 11.0. The second kappa shape index (κ2) is 10.5. The molecule has 0 spiro atoms. The maximum atomic E-state index is 13.7. The number of carbonyl (C=O) groups excluding carboxylic acids is 2. The zero-order chi connectivity index (χ0) is 21.3. The van der Waals surface area contributed by atoms with E-state index in [0.29, 0.717) is 25.1 Å². The molecule has 0 saturated carbocycles. The standard InChI is InChI=1S/C18H25F2N3O5/c1-18(2,3)28-17(25)22-9-7-5-4-6-8-21-16(24)12-10-14(20)15(23(26)27)11-13(12)19/h10-11H,4-9H2,1-3H3,(H,21,24)(H,22,25). The number of halogens is 2. The molecule has 1 aromatic carbocycles. The summed E-state index contributed by atoms with van der Waals surface area (Å²) in [6.07, 6.45) is 2.42. The lowest BCUT2D eigenvalue weighted by atomic mass is 10.1. The molecule has 8 nitrogen and oxygen atoms in total. The number of rotatable bonds is 9. The van der Waals surface area contributed by atoms with Crippen molar-refractivity contribution in [2.45, 2.75) is 52.1 Å². The Morgan fingerprint density at radius 3 is 2.14 bits per heavy atom. The third kappa shape index (κ3) is 8.28. The Labute approximate surface area is 161 Å². The number of carbonyl (C=O) groups is 2. The molecule has 2 amide bonds. The largest absolute Gasteiger partial charge is 0.444 e. The molecule has 0 aliphatic heterocycles. The highest BCUT2D eigenvalue weighted by Gasteiger charge is 2.21. The Balaban J connectivity index is 2.25. The van der Waals surface area contributed by atoms with E-state index in [2.05, 4.69) is 10.6 Å². The second-order valence-electron chi connectivity index (χ2n) is 7.14. The van der Waals surface area contributed by atoms with Gasteiger partial charge in [-0.15, -0.1) is 0 Å². The third-order valence-corrected chi connectivity index (χ3v) is 3.54. The minimum atomic E-state index is -1.27. The smallest absolute Gasteiger partial charge is 0.407 e. The van der Waals surface area contributed by atoms with Gasteiger partial charge in [0, 0.05) is 13.1 Å². The van der Waals surface area contributed by atoms with Gasteiger partial charge < -0.3 is 15.4 Å². The van der Waals surface area contributed by atoms with E-state index in [1.807, 2.05) is 0 Å². The number of hydrogen-bond acceptors (Lipinski definition) is 5. The predicted molar refractivity (Wildman–Crippen MR) is 98.1 cm³/mol. The Hall–Kier alpha value is -2.78. The first-order valence-electron chi connectivity index (χ1n) is 8.90. The van der Waals surface area contributed by atoms with Crippen LogP contribution in [0, 0.1) is 21.7 Å². The van der Waals surface area contributed by atoms with E-state index < -0.39 is 45.4 Å². The monoisotopic (exact) mass is 401 g/mol. The van der Waals surface area contributed by atoms with Crippen LogP contribution in [0.15, 0.2) is 12.1 Å². The Kier molecular flexibility index (Phi) is 8.75. The molecule has 28 heavy (non-hydrogen) atoms. The van der Waals surface area contributed by atoms with Crippen LogP contribution in [0.1, 0.15) is 56.8 Å². The van der Waals surface area contributed by atoms with Crippen LogP contribution >= 0.6 is 0 Å². The van der Waals surface area contributed by atoms with Crippen molar-refractivity contribution >= 4 is 17.7 Å². The van der Waals surface area contributed by atoms with Gasteiger partial charge in [0.25, 0.3) is 5.91 Å². The van der Waals surface area contributed by atoms with Gasteiger partial charge in [-0.05, 0) is 39.7 Å². The van der Waals surface area contributed by atoms with E-state index in [-0.39, 0.29) is 6.54 Å². The van der Waals surface area contributed by atoms with Crippen molar-refractivity contribution in [1.82, 2.24) is 10.6 Å². The minimum Gasteiger partial charge on any atom is -0.444 e. The van der Waals surface area contributed by atoms with Crippen LogP contribution in [-0.2, 0) is 4.74 Å². The summed E-state index contributed by atoms with van der Waals surface area (Å²) in [5.74, 6) is -3.26. The van der Waals surface area contributed by atoms with E-state index in [1.54, 1.807) is 20.8 Å². The van der Waals surface area contributed by atoms with E-state index >= 15 is 0 Å². The van der Waals surface area contributed by atoms with Crippen molar-refractivity contribution in [3.63, 3.8) is 0 Å². The van der Waals surface area contributed by atoms with Crippen LogP contribution in [0.3, 0.4) is 0 Å². The first-order valence-corrected chi connectivity index (χ1v) is 8.90. The van der Waals surface area contributed by atoms with Crippen molar-refractivity contribution in [1.29, 1.82) is 0 Å². The molecule has 0 heterocycles. The summed E-state index contributed by atoms with van der Waals surface area (Å²) < 4.78 is 32.4. The van der Waals surface area contributed by atoms with E-state index in [0.717, 1.165) is 19.3 Å². The topological polar surface area (TPSA) is 111 Å². The summed E-state index contributed by atoms with van der Waals surface area (Å²) >= 11 is 0. The zero-order valence-electron chi connectivity index (χ0n) is 16.1. The number of amides is 2. The van der Waals surface area contributed by atoms with Gasteiger partial charge in [0.1, 0.15) is 11.4 Å². The molecule has 0 saturated heterocycles. The summed E-state index contributed by atoms with van der Waals surface area (Å²) in [5, 5.41) is 15.6. The summed E-state index contributed by atoms with van der Waals surface area (Å²) in [4.78, 5) is 32.8. The fourth-order valence-corrected chi connectivity index (χ4v) is 2.26. The van der Waals surface area contributed by atoms with Gasteiger partial charge in [-0.1, -0.05) is 12.8 Å². The quantitative estimate of drug-likeness (QED) is 0.372. The Morgan fingerprint density at radius 2 is 1.61 bits per heavy atom. The molecule has 1 rings (SSSR count). The van der Waals surface area contributed by atoms with Crippen LogP contribution < -0.4 is 10.6 Å². The number of alkyl carbamates (subject to hydrolysis) is 1. The molecule has 0 aromatic heterocycles. The summed E-state index contributed by atoms with van der Waals surface area (Å²) in [6.45, 7) is 6.04. The maximum absolute atomic E-state index is 13.7. The Bertz CT molecular complexity index is 720. The van der Waals surface area contributed by atoms with Gasteiger partial charge in [0.05, 0.1) is 16.6 Å². The molecular weight excluding hydrogens is 376 g/mol. The van der Waals surface area contributed by atoms with Crippen LogP contribution in [0.4, 0.5) is 19.3 Å².